The van der Waals surface area contributed by atoms with Crippen LogP contribution in [0.1, 0.15) is 212 Å². The third-order valence-corrected chi connectivity index (χ3v) is 26.6. The van der Waals surface area contributed by atoms with Crippen molar-refractivity contribution in [3.8, 4) is 0 Å². The lowest BCUT2D eigenvalue weighted by atomic mass is 9.87. The molecule has 128 heavy (non-hydrogen) atoms. The Bertz CT molecular complexity index is 4530. The van der Waals surface area contributed by atoms with Crippen molar-refractivity contribution in [1.82, 2.24) is 0 Å². The topological polar surface area (TPSA) is 443 Å². The maximum absolute atomic E-state index is 12.5. The molecule has 16 bridgehead atoms. The summed E-state index contributed by atoms with van der Waals surface area (Å²) in [4.78, 5) is 94.6. The summed E-state index contributed by atoms with van der Waals surface area (Å²) in [7, 11) is 0. The Labute approximate surface area is 744 Å². The average Bonchev–Trinajstić information content (AvgIpc) is 1.58. The van der Waals surface area contributed by atoms with Gasteiger partial charge in [0.1, 0.15) is 67.0 Å². The lowest BCUT2D eigenvalue weighted by Crippen LogP contribution is -2.51. The molecule has 8 aromatic rings. The van der Waals surface area contributed by atoms with Crippen LogP contribution in [0, 0.1) is 47.3 Å². The first-order valence-electron chi connectivity index (χ1n) is 43.9. The molecule has 0 saturated carbocycles. The Morgan fingerprint density at radius 3 is 0.617 bits per heavy atom. The van der Waals surface area contributed by atoms with Gasteiger partial charge >= 0.3 is 35.8 Å². The van der Waals surface area contributed by atoms with Crippen molar-refractivity contribution in [2.75, 3.05) is 0 Å². The van der Waals surface area contributed by atoms with Gasteiger partial charge in [0.2, 0.25) is 0 Å². The van der Waals surface area contributed by atoms with Gasteiger partial charge in [-0.25, -0.2) is 28.8 Å². The van der Waals surface area contributed by atoms with E-state index in [4.69, 9.17) is 62.6 Å². The Balaban J connectivity index is 0.000000129. The van der Waals surface area contributed by atoms with Crippen LogP contribution >= 0.6 is 0 Å². The van der Waals surface area contributed by atoms with Gasteiger partial charge in [0, 0.05) is 81.2 Å². The summed E-state index contributed by atoms with van der Waals surface area (Å²) in [5, 5.41) is 40.7. The van der Waals surface area contributed by atoms with E-state index >= 15 is 0 Å². The van der Waals surface area contributed by atoms with E-state index in [0.717, 1.165) is 0 Å². The molecule has 16 aliphatic rings. The number of rotatable bonds is 16. The summed E-state index contributed by atoms with van der Waals surface area (Å²) in [6.45, 7) is 24.7. The molecule has 16 heterocycles. The summed E-state index contributed by atoms with van der Waals surface area (Å²) in [5.74, 6) is -6.10. The number of hydrogen-bond donors (Lipinski definition) is 6. The molecule has 0 aromatic heterocycles. The largest absolute Gasteiger partial charge is 0.545 e. The first-order valence-corrected chi connectivity index (χ1v) is 43.9. The molecule has 16 fully saturated rings. The molecular formula is C100H117N4O24+. The van der Waals surface area contributed by atoms with Crippen LogP contribution in [0.15, 0.2) is 218 Å². The highest BCUT2D eigenvalue weighted by Crippen LogP contribution is 2.55. The van der Waals surface area contributed by atoms with E-state index in [-0.39, 0.29) is 196 Å². The molecule has 16 saturated heterocycles. The van der Waals surface area contributed by atoms with Gasteiger partial charge in [-0.05, 0) is 69.7 Å². The lowest BCUT2D eigenvalue weighted by Gasteiger charge is -2.38. The number of carbonyl (C=O) groups excluding carboxylic acids is 6. The first-order chi connectivity index (χ1) is 61.2. The quantitative estimate of drug-likeness (QED) is 0.0388. The lowest BCUT2D eigenvalue weighted by molar-refractivity contribution is -0.420. The second-order valence-electron chi connectivity index (χ2n) is 35.4. The predicted octanol–water partition coefficient (Wildman–Crippen LogP) is 8.93. The molecule has 24 rings (SSSR count). The van der Waals surface area contributed by atoms with Crippen molar-refractivity contribution in [2.24, 2.45) is 53.1 Å². The van der Waals surface area contributed by atoms with Crippen molar-refractivity contribution in [2.45, 2.75) is 229 Å². The number of esters is 4. The van der Waals surface area contributed by atoms with Crippen molar-refractivity contribution in [3.05, 3.63) is 285 Å². The van der Waals surface area contributed by atoms with E-state index in [9.17, 15) is 58.8 Å². The number of carboxylic acid groups (broad SMARTS) is 4. The van der Waals surface area contributed by atoms with E-state index in [0.29, 0.717) is 18.1 Å². The third-order valence-electron chi connectivity index (χ3n) is 26.6. The predicted molar refractivity (Wildman–Crippen MR) is 460 cm³/mol. The molecule has 0 radical (unpaired) electrons. The fraction of sp³-hybridized carbons (Fsp3) is 0.440. The maximum atomic E-state index is 12.5. The van der Waals surface area contributed by atoms with Crippen molar-refractivity contribution in [1.29, 1.82) is 0 Å². The molecule has 28 nitrogen and oxygen atoms in total. The van der Waals surface area contributed by atoms with E-state index in [2.05, 4.69) is 102 Å². The van der Waals surface area contributed by atoms with Gasteiger partial charge in [0.05, 0.1) is 94.2 Å². The number of aromatic carboxylic acids is 4. The van der Waals surface area contributed by atoms with Crippen LogP contribution < -0.4 is 33.1 Å². The highest BCUT2D eigenvalue weighted by atomic mass is 16.7. The Kier molecular flexibility index (Phi) is 30.5. The second kappa shape index (κ2) is 41.2. The maximum Gasteiger partial charge on any atom is 0.339 e. The molecule has 28 heteroatoms. The number of carbonyl (C=O) groups is 8. The average molecular weight is 1760 g/mol. The molecule has 8 aromatic carbocycles. The fourth-order valence-electron chi connectivity index (χ4n) is 19.7. The second-order valence-corrected chi connectivity index (χ2v) is 35.4. The zero-order chi connectivity index (χ0) is 92.0. The van der Waals surface area contributed by atoms with Crippen LogP contribution in [-0.2, 0) is 56.8 Å². The highest BCUT2D eigenvalue weighted by molar-refractivity contribution is 6.04. The molecule has 680 valence electrons. The summed E-state index contributed by atoms with van der Waals surface area (Å²) in [5.41, 5.74) is 22.1. The number of hydrogen-bond acceptors (Lipinski definition) is 23. The number of nitrogens with two attached hydrogens (primary N) is 1. The van der Waals surface area contributed by atoms with Crippen LogP contribution in [0.25, 0.3) is 0 Å². The van der Waals surface area contributed by atoms with Crippen LogP contribution in [0.5, 0.6) is 0 Å². The monoisotopic (exact) mass is 1760 g/mol. The van der Waals surface area contributed by atoms with Crippen LogP contribution in [0.4, 0.5) is 0 Å². The van der Waals surface area contributed by atoms with Gasteiger partial charge in [-0.2, -0.15) is 0 Å². The Hall–Kier alpha value is -11.0. The van der Waals surface area contributed by atoms with Crippen molar-refractivity contribution >= 4 is 47.8 Å². The molecular weight excluding hydrogens is 1640 g/mol. The number of benzene rings is 8. The number of ether oxygens (including phenoxy) is 12. The number of quaternary nitrogens is 3. The zero-order valence-electron chi connectivity index (χ0n) is 73.8. The van der Waals surface area contributed by atoms with Crippen LogP contribution in [0.3, 0.4) is 0 Å². The molecule has 0 aliphatic carbocycles. The molecule has 3 unspecified atom stereocenters. The van der Waals surface area contributed by atoms with Crippen LogP contribution in [0.2, 0.25) is 0 Å². The van der Waals surface area contributed by atoms with Gasteiger partial charge < -0.3 is 110 Å². The Morgan fingerprint density at radius 2 is 0.438 bits per heavy atom. The minimum absolute atomic E-state index is 0.00878. The van der Waals surface area contributed by atoms with Gasteiger partial charge in [-0.3, -0.25) is 0 Å². The molecule has 0 amide bonds. The Morgan fingerprint density at radius 1 is 0.266 bits per heavy atom. The van der Waals surface area contributed by atoms with Crippen molar-refractivity contribution in [3.63, 3.8) is 0 Å². The van der Waals surface area contributed by atoms with Gasteiger partial charge in [-0.1, -0.05) is 237 Å². The van der Waals surface area contributed by atoms with E-state index in [1.54, 1.807) is 36.4 Å². The highest BCUT2D eigenvalue weighted by Gasteiger charge is 2.69. The van der Waals surface area contributed by atoms with Crippen LogP contribution in [-0.4, -0.2) is 180 Å². The summed E-state index contributed by atoms with van der Waals surface area (Å²) in [6, 6.07) is 66.2. The van der Waals surface area contributed by atoms with E-state index in [1.807, 2.05) is 120 Å². The minimum Gasteiger partial charge on any atom is -0.545 e. The molecule has 13 N–H and O–H groups in total. The van der Waals surface area contributed by atoms with Gasteiger partial charge in [0.25, 0.3) is 0 Å². The summed E-state index contributed by atoms with van der Waals surface area (Å²) in [6.07, 6.45) is -3.42. The first kappa shape index (κ1) is 94.6. The normalized spacial score (nSPS) is 32.7. The number of carboxylic acids is 4. The fourth-order valence-corrected chi connectivity index (χ4v) is 19.7. The molecule has 0 spiro atoms. The molecule has 16 aliphatic heterocycles. The van der Waals surface area contributed by atoms with Crippen molar-refractivity contribution < 1.29 is 133 Å². The molecule has 32 atom stereocenters. The smallest absolute Gasteiger partial charge is 0.339 e. The third kappa shape index (κ3) is 20.1. The zero-order valence-corrected chi connectivity index (χ0v) is 73.8. The van der Waals surface area contributed by atoms with Gasteiger partial charge in [0.15, 0.2) is 24.4 Å². The SMILES string of the molecule is C[C@@H]([NH3+])c1ccccc1.C[C@@H]1[C@@H]2OC3[C@@H](OC(=O)c4ccccc4C(=O)O)[C@H]1O[C@@H]3[C@H]2C.C[C@@H]1[C@@H]2OC3[C@@H](OC(=O)c4ccccc4C(=O)O)[C@H]1O[C@@H]3[C@H]2C.C[C@@H]1[C@@H]2OC3[C@@H](OC(=O)c4ccccc4C(=O)[O-])[C@H]1O[C@@H]3[C@H]2C.C[C@@H]1[C@@H]2O[C@H]3[C@H](OC(=O)c4ccccc4C(=O)[O-])[C@H](O[C@@H]13)[C@H]2C.C[C@H](N)c1ccccc1.C[C@H]([NH3+])c1ccccc1.C[C@H]([NH3+])c1ccccc1. The van der Waals surface area contributed by atoms with Gasteiger partial charge in [-0.15, -0.1) is 0 Å². The van der Waals surface area contributed by atoms with E-state index < -0.39 is 72.2 Å². The minimum atomic E-state index is -1.40. The van der Waals surface area contributed by atoms with E-state index in [1.165, 1.54) is 82.9 Å². The standard InChI is InChI=1S/4C17H18O6.4C8H11N/c4*1-7-11-8(2)13-15(14(21-11)12(7)22-13)23-17(20)10-6-4-3-5-9(10)16(18)19;4*1-7(9)8-5-3-2-4-6-8/h4*3-8,11-15H,1-2H3,(H,18,19);4*2-7H,9H2,1H3/p+1/t3*7-,8+,11+,12+,13-,14?,15-;7-,8+,11+,12+,13-,14-,15-;4*7-/m00011000/s1. The summed E-state index contributed by atoms with van der Waals surface area (Å²) >= 11 is 0. The summed E-state index contributed by atoms with van der Waals surface area (Å²) < 4.78 is 70.2.